The van der Waals surface area contributed by atoms with Crippen molar-refractivity contribution >= 4 is 0 Å². The molecule has 0 aliphatic carbocycles. The zero-order chi connectivity index (χ0) is 27.7. The van der Waals surface area contributed by atoms with Crippen molar-refractivity contribution in [1.82, 2.24) is 4.90 Å². The van der Waals surface area contributed by atoms with E-state index in [1.165, 1.54) is 174 Å². The molecule has 0 saturated carbocycles. The van der Waals surface area contributed by atoms with Crippen molar-refractivity contribution in [2.45, 2.75) is 203 Å². The van der Waals surface area contributed by atoms with Crippen molar-refractivity contribution in [2.75, 3.05) is 19.6 Å². The fourth-order valence-corrected chi connectivity index (χ4v) is 5.55. The van der Waals surface area contributed by atoms with E-state index in [1.54, 1.807) is 0 Å². The van der Waals surface area contributed by atoms with E-state index >= 15 is 0 Å². The first kappa shape index (κ1) is 37.0. The highest BCUT2D eigenvalue weighted by atomic mass is 15.1. The summed E-state index contributed by atoms with van der Waals surface area (Å²) in [5.41, 5.74) is 1.04. The van der Waals surface area contributed by atoms with Gasteiger partial charge in [-0.1, -0.05) is 170 Å². The van der Waals surface area contributed by atoms with Crippen molar-refractivity contribution in [3.8, 4) is 0 Å². The number of rotatable bonds is 27. The van der Waals surface area contributed by atoms with Crippen LogP contribution in [0.1, 0.15) is 203 Å². The lowest BCUT2D eigenvalue weighted by molar-refractivity contribution is 0.254. The summed E-state index contributed by atoms with van der Waals surface area (Å²) in [6.07, 6.45) is 34.5. The Kier molecular flexibility index (Phi) is 24.9. The van der Waals surface area contributed by atoms with E-state index < -0.39 is 0 Å². The van der Waals surface area contributed by atoms with Crippen molar-refractivity contribution in [3.05, 3.63) is 0 Å². The Morgan fingerprint density at radius 3 is 0.838 bits per heavy atom. The molecule has 0 N–H and O–H groups in total. The quantitative estimate of drug-likeness (QED) is 0.0971. The molecule has 0 radical (unpaired) electrons. The van der Waals surface area contributed by atoms with Gasteiger partial charge in [-0.05, 0) is 62.6 Å². The van der Waals surface area contributed by atoms with Gasteiger partial charge < -0.3 is 4.90 Å². The molecule has 0 saturated heterocycles. The van der Waals surface area contributed by atoms with Crippen LogP contribution in [-0.4, -0.2) is 24.5 Å². The van der Waals surface area contributed by atoms with Crippen LogP contribution in [0.4, 0.5) is 0 Å². The standard InChI is InChI=1S/C36H75N/c1-8-9-10-11-12-17-22-27-32-37(33-28-23-18-13-15-20-25-30-35(2,3)4)34-29-24-19-14-16-21-26-31-36(5,6)7/h8-34H2,1-7H3. The minimum atomic E-state index is 0.518. The number of hydrogen-bond acceptors (Lipinski definition) is 1. The van der Waals surface area contributed by atoms with Crippen LogP contribution in [0, 0.1) is 10.8 Å². The topological polar surface area (TPSA) is 3.24 Å². The number of unbranched alkanes of at least 4 members (excludes halogenated alkanes) is 19. The predicted octanol–water partition coefficient (Wildman–Crippen LogP) is 12.8. The highest BCUT2D eigenvalue weighted by Gasteiger charge is 2.10. The van der Waals surface area contributed by atoms with E-state index in [9.17, 15) is 0 Å². The first-order chi connectivity index (χ1) is 17.6. The SMILES string of the molecule is CCCCCCCCCCN(CCCCCCCCCC(C)(C)C)CCCCCCCCCC(C)(C)C. The van der Waals surface area contributed by atoms with E-state index in [4.69, 9.17) is 0 Å². The molecule has 0 atom stereocenters. The van der Waals surface area contributed by atoms with Gasteiger partial charge in [0.15, 0.2) is 0 Å². The van der Waals surface area contributed by atoms with Crippen LogP contribution in [0.2, 0.25) is 0 Å². The lowest BCUT2D eigenvalue weighted by Crippen LogP contribution is -2.27. The van der Waals surface area contributed by atoms with Crippen molar-refractivity contribution in [2.24, 2.45) is 10.8 Å². The minimum Gasteiger partial charge on any atom is -0.303 e. The number of hydrogen-bond donors (Lipinski definition) is 0. The second kappa shape index (κ2) is 25.0. The summed E-state index contributed by atoms with van der Waals surface area (Å²) in [5.74, 6) is 0. The summed E-state index contributed by atoms with van der Waals surface area (Å²) >= 11 is 0. The van der Waals surface area contributed by atoms with Crippen LogP contribution in [0.25, 0.3) is 0 Å². The molecule has 0 fully saturated rings. The molecule has 224 valence electrons. The molecule has 0 bridgehead atoms. The molecule has 0 rings (SSSR count). The van der Waals surface area contributed by atoms with E-state index in [-0.39, 0.29) is 0 Å². The fourth-order valence-electron chi connectivity index (χ4n) is 5.55. The summed E-state index contributed by atoms with van der Waals surface area (Å²) in [7, 11) is 0. The molecular weight excluding hydrogens is 446 g/mol. The molecule has 37 heavy (non-hydrogen) atoms. The van der Waals surface area contributed by atoms with E-state index in [0.29, 0.717) is 10.8 Å². The predicted molar refractivity (Wildman–Crippen MR) is 172 cm³/mol. The second-order valence-electron chi connectivity index (χ2n) is 14.9. The van der Waals surface area contributed by atoms with Crippen molar-refractivity contribution in [3.63, 3.8) is 0 Å². The molecular formula is C36H75N. The van der Waals surface area contributed by atoms with E-state index in [0.717, 1.165) is 0 Å². The Morgan fingerprint density at radius 1 is 0.324 bits per heavy atom. The minimum absolute atomic E-state index is 0.518. The average Bonchev–Trinajstić information content (AvgIpc) is 2.81. The average molecular weight is 522 g/mol. The summed E-state index contributed by atoms with van der Waals surface area (Å²) in [6.45, 7) is 20.6. The molecule has 0 aromatic rings. The van der Waals surface area contributed by atoms with Gasteiger partial charge in [-0.3, -0.25) is 0 Å². The normalized spacial score (nSPS) is 12.6. The van der Waals surface area contributed by atoms with Crippen LogP contribution < -0.4 is 0 Å². The summed E-state index contributed by atoms with van der Waals surface area (Å²) in [5, 5.41) is 0. The first-order valence-electron chi connectivity index (χ1n) is 17.4. The fraction of sp³-hybridized carbons (Fsp3) is 1.00. The zero-order valence-corrected chi connectivity index (χ0v) is 27.5. The second-order valence-corrected chi connectivity index (χ2v) is 14.9. The molecule has 0 aliphatic rings. The molecule has 0 amide bonds. The Hall–Kier alpha value is -0.0400. The maximum absolute atomic E-state index is 2.84. The summed E-state index contributed by atoms with van der Waals surface area (Å²) in [4.78, 5) is 2.84. The highest BCUT2D eigenvalue weighted by Crippen LogP contribution is 2.23. The molecule has 1 heteroatoms. The zero-order valence-electron chi connectivity index (χ0n) is 27.5. The van der Waals surface area contributed by atoms with Gasteiger partial charge >= 0.3 is 0 Å². The van der Waals surface area contributed by atoms with E-state index in [2.05, 4.69) is 53.4 Å². The van der Waals surface area contributed by atoms with Gasteiger partial charge in [-0.15, -0.1) is 0 Å². The molecule has 0 aromatic carbocycles. The Labute approximate surface area is 237 Å². The third-order valence-corrected chi connectivity index (χ3v) is 8.13. The Morgan fingerprint density at radius 2 is 0.568 bits per heavy atom. The molecule has 0 heterocycles. The summed E-state index contributed by atoms with van der Waals surface area (Å²) in [6, 6.07) is 0. The van der Waals surface area contributed by atoms with E-state index in [1.807, 2.05) is 0 Å². The summed E-state index contributed by atoms with van der Waals surface area (Å²) < 4.78 is 0. The van der Waals surface area contributed by atoms with Gasteiger partial charge in [-0.25, -0.2) is 0 Å². The van der Waals surface area contributed by atoms with Gasteiger partial charge in [0.05, 0.1) is 0 Å². The monoisotopic (exact) mass is 522 g/mol. The van der Waals surface area contributed by atoms with Crippen LogP contribution >= 0.6 is 0 Å². The lowest BCUT2D eigenvalue weighted by Gasteiger charge is -2.22. The smallest absolute Gasteiger partial charge is 0.00187 e. The van der Waals surface area contributed by atoms with Crippen LogP contribution in [-0.2, 0) is 0 Å². The van der Waals surface area contributed by atoms with Gasteiger partial charge in [0.25, 0.3) is 0 Å². The molecule has 0 aromatic heterocycles. The molecule has 0 aliphatic heterocycles. The van der Waals surface area contributed by atoms with Gasteiger partial charge in [-0.2, -0.15) is 0 Å². The maximum Gasteiger partial charge on any atom is -0.00187 e. The van der Waals surface area contributed by atoms with Gasteiger partial charge in [0.2, 0.25) is 0 Å². The highest BCUT2D eigenvalue weighted by molar-refractivity contribution is 4.63. The number of nitrogens with zero attached hydrogens (tertiary/aromatic N) is 1. The van der Waals surface area contributed by atoms with Crippen LogP contribution in [0.5, 0.6) is 0 Å². The third kappa shape index (κ3) is 32.1. The van der Waals surface area contributed by atoms with Gasteiger partial charge in [0, 0.05) is 0 Å². The van der Waals surface area contributed by atoms with Gasteiger partial charge in [0.1, 0.15) is 0 Å². The van der Waals surface area contributed by atoms with Crippen LogP contribution in [0.15, 0.2) is 0 Å². The Balaban J connectivity index is 3.95. The lowest BCUT2D eigenvalue weighted by atomic mass is 9.89. The van der Waals surface area contributed by atoms with Crippen molar-refractivity contribution < 1.29 is 0 Å². The maximum atomic E-state index is 2.84. The molecule has 0 spiro atoms. The third-order valence-electron chi connectivity index (χ3n) is 8.13. The van der Waals surface area contributed by atoms with Crippen molar-refractivity contribution in [1.29, 1.82) is 0 Å². The first-order valence-corrected chi connectivity index (χ1v) is 17.4. The molecule has 0 unspecified atom stereocenters. The molecule has 1 nitrogen and oxygen atoms in total. The largest absolute Gasteiger partial charge is 0.303 e. The Bertz CT molecular complexity index is 409. The van der Waals surface area contributed by atoms with Crippen LogP contribution in [0.3, 0.4) is 0 Å².